The van der Waals surface area contributed by atoms with Gasteiger partial charge in [0, 0.05) is 0 Å². The second-order valence-electron chi connectivity index (χ2n) is 3.80. The number of anilines is 1. The molecule has 0 bridgehead atoms. The molecule has 2 rings (SSSR count). The van der Waals surface area contributed by atoms with E-state index >= 15 is 0 Å². The monoisotopic (exact) mass is 272 g/mol. The molecule has 0 aromatic carbocycles. The van der Waals surface area contributed by atoms with Gasteiger partial charge in [0.05, 0.1) is 22.6 Å². The number of hydrogen-bond donors (Lipinski definition) is 2. The molecule has 0 aliphatic heterocycles. The summed E-state index contributed by atoms with van der Waals surface area (Å²) >= 11 is 1.46. The van der Waals surface area contributed by atoms with Gasteiger partial charge in [0.15, 0.2) is 0 Å². The molecule has 0 spiro atoms. The Bertz CT molecular complexity index is 626. The van der Waals surface area contributed by atoms with Crippen molar-refractivity contribution in [3.63, 3.8) is 0 Å². The third-order valence-electron chi connectivity index (χ3n) is 2.16. The van der Waals surface area contributed by atoms with Crippen molar-refractivity contribution in [2.75, 3.05) is 5.32 Å². The van der Waals surface area contributed by atoms with Crippen LogP contribution in [0.4, 0.5) is 5.82 Å². The molecule has 19 heavy (non-hydrogen) atoms. The molecule has 0 aliphatic carbocycles. The van der Waals surface area contributed by atoms with Gasteiger partial charge in [-0.05, 0) is 30.9 Å². The summed E-state index contributed by atoms with van der Waals surface area (Å²) in [5.41, 5.74) is 7.77. The molecule has 96 valence electrons. The van der Waals surface area contributed by atoms with E-state index < -0.39 is 6.04 Å². The van der Waals surface area contributed by atoms with Gasteiger partial charge in [-0.2, -0.15) is 0 Å². The van der Waals surface area contributed by atoms with Crippen molar-refractivity contribution < 1.29 is 4.79 Å². The molecule has 1 atom stereocenters. The molecule has 0 saturated carbocycles. The van der Waals surface area contributed by atoms with Crippen LogP contribution in [0, 0.1) is 11.8 Å². The first kappa shape index (κ1) is 13.2. The minimum absolute atomic E-state index is 0.278. The highest BCUT2D eigenvalue weighted by molar-refractivity contribution is 7.10. The Balaban J connectivity index is 2.13. The minimum Gasteiger partial charge on any atom is -0.320 e. The zero-order chi connectivity index (χ0) is 13.7. The lowest BCUT2D eigenvalue weighted by atomic mass is 10.3. The lowest BCUT2D eigenvalue weighted by Gasteiger charge is -2.06. The first-order chi connectivity index (χ1) is 9.15. The fourth-order valence-electron chi connectivity index (χ4n) is 1.22. The molecule has 0 aliphatic rings. The number of thiazole rings is 1. The second kappa shape index (κ2) is 6.09. The summed E-state index contributed by atoms with van der Waals surface area (Å²) < 4.78 is 0. The number of carbonyl (C=O) groups is 1. The van der Waals surface area contributed by atoms with Gasteiger partial charge in [0.2, 0.25) is 5.91 Å². The van der Waals surface area contributed by atoms with E-state index in [9.17, 15) is 4.79 Å². The smallest absolute Gasteiger partial charge is 0.242 e. The molecule has 1 amide bonds. The summed E-state index contributed by atoms with van der Waals surface area (Å²) in [6, 6.07) is 4.67. The highest BCUT2D eigenvalue weighted by Gasteiger charge is 2.07. The van der Waals surface area contributed by atoms with E-state index in [0.29, 0.717) is 11.5 Å². The standard InChI is InChI=1S/C13H12N4OS/c1-9(14)13(18)17-12-4-2-3-10(16-12)5-6-11-7-15-8-19-11/h2-4,7-9H,14H2,1H3,(H,16,17,18). The third-order valence-corrected chi connectivity index (χ3v) is 2.85. The largest absolute Gasteiger partial charge is 0.320 e. The van der Waals surface area contributed by atoms with Crippen LogP contribution in [0.3, 0.4) is 0 Å². The maximum Gasteiger partial charge on any atom is 0.242 e. The van der Waals surface area contributed by atoms with Crippen LogP contribution < -0.4 is 11.1 Å². The molecule has 1 unspecified atom stereocenters. The van der Waals surface area contributed by atoms with Crippen LogP contribution in [0.15, 0.2) is 29.9 Å². The molecule has 5 nitrogen and oxygen atoms in total. The average Bonchev–Trinajstić information content (AvgIpc) is 2.90. The van der Waals surface area contributed by atoms with Gasteiger partial charge in [-0.15, -0.1) is 11.3 Å². The van der Waals surface area contributed by atoms with Crippen LogP contribution in [0.2, 0.25) is 0 Å². The van der Waals surface area contributed by atoms with Crippen molar-refractivity contribution >= 4 is 23.1 Å². The molecular weight excluding hydrogens is 260 g/mol. The maximum atomic E-state index is 11.4. The Kier molecular flexibility index (Phi) is 4.23. The molecule has 0 radical (unpaired) electrons. The van der Waals surface area contributed by atoms with Crippen LogP contribution in [-0.2, 0) is 4.79 Å². The molecule has 3 N–H and O–H groups in total. The van der Waals surface area contributed by atoms with Gasteiger partial charge in [-0.3, -0.25) is 9.78 Å². The van der Waals surface area contributed by atoms with Gasteiger partial charge < -0.3 is 11.1 Å². The Morgan fingerprint density at radius 2 is 2.32 bits per heavy atom. The fourth-order valence-corrected chi connectivity index (χ4v) is 1.68. The first-order valence-corrected chi connectivity index (χ1v) is 6.47. The van der Waals surface area contributed by atoms with Crippen LogP contribution in [0.25, 0.3) is 0 Å². The van der Waals surface area contributed by atoms with E-state index in [1.165, 1.54) is 11.3 Å². The van der Waals surface area contributed by atoms with Crippen molar-refractivity contribution in [3.8, 4) is 11.8 Å². The van der Waals surface area contributed by atoms with E-state index in [0.717, 1.165) is 4.88 Å². The summed E-state index contributed by atoms with van der Waals surface area (Å²) in [5, 5.41) is 2.62. The second-order valence-corrected chi connectivity index (χ2v) is 4.69. The number of rotatable bonds is 2. The summed E-state index contributed by atoms with van der Waals surface area (Å²) in [7, 11) is 0. The number of pyridine rings is 1. The van der Waals surface area contributed by atoms with Gasteiger partial charge in [0.25, 0.3) is 0 Å². The van der Waals surface area contributed by atoms with Crippen LogP contribution in [-0.4, -0.2) is 21.9 Å². The normalized spacial score (nSPS) is 11.3. The number of nitrogens with two attached hydrogens (primary N) is 1. The Labute approximate surface area is 114 Å². The van der Waals surface area contributed by atoms with Crippen molar-refractivity contribution in [1.29, 1.82) is 0 Å². The Morgan fingerprint density at radius 3 is 3.00 bits per heavy atom. The number of amides is 1. The number of carbonyl (C=O) groups excluding carboxylic acids is 1. The molecular formula is C13H12N4OS. The van der Waals surface area contributed by atoms with Gasteiger partial charge in [-0.25, -0.2) is 4.98 Å². The van der Waals surface area contributed by atoms with Gasteiger partial charge in [0.1, 0.15) is 11.5 Å². The highest BCUT2D eigenvalue weighted by Crippen LogP contribution is 2.06. The lowest BCUT2D eigenvalue weighted by molar-refractivity contribution is -0.117. The van der Waals surface area contributed by atoms with Gasteiger partial charge >= 0.3 is 0 Å². The van der Waals surface area contributed by atoms with Crippen LogP contribution in [0.5, 0.6) is 0 Å². The quantitative estimate of drug-likeness (QED) is 0.806. The molecule has 6 heteroatoms. The average molecular weight is 272 g/mol. The van der Waals surface area contributed by atoms with Crippen LogP contribution >= 0.6 is 11.3 Å². The van der Waals surface area contributed by atoms with E-state index in [4.69, 9.17) is 5.73 Å². The first-order valence-electron chi connectivity index (χ1n) is 5.59. The number of nitrogens with one attached hydrogen (secondary N) is 1. The SMILES string of the molecule is CC(N)C(=O)Nc1cccc(C#Cc2cncs2)n1. The van der Waals surface area contributed by atoms with E-state index in [-0.39, 0.29) is 5.91 Å². The fraction of sp³-hybridized carbons (Fsp3) is 0.154. The highest BCUT2D eigenvalue weighted by atomic mass is 32.1. The molecule has 2 heterocycles. The minimum atomic E-state index is -0.575. The zero-order valence-electron chi connectivity index (χ0n) is 10.3. The van der Waals surface area contributed by atoms with Crippen molar-refractivity contribution in [2.45, 2.75) is 13.0 Å². The van der Waals surface area contributed by atoms with Crippen molar-refractivity contribution in [3.05, 3.63) is 40.5 Å². The van der Waals surface area contributed by atoms with Crippen molar-refractivity contribution in [1.82, 2.24) is 9.97 Å². The van der Waals surface area contributed by atoms with Gasteiger partial charge in [-0.1, -0.05) is 6.07 Å². The Morgan fingerprint density at radius 1 is 1.47 bits per heavy atom. The predicted octanol–water partition coefficient (Wildman–Crippen LogP) is 1.22. The molecule has 2 aromatic heterocycles. The summed E-state index contributed by atoms with van der Waals surface area (Å²) in [4.78, 5) is 20.5. The van der Waals surface area contributed by atoms with E-state index in [2.05, 4.69) is 27.1 Å². The van der Waals surface area contributed by atoms with E-state index in [1.807, 2.05) is 0 Å². The predicted molar refractivity (Wildman–Crippen MR) is 74.6 cm³/mol. The van der Waals surface area contributed by atoms with Crippen molar-refractivity contribution in [2.24, 2.45) is 5.73 Å². The van der Waals surface area contributed by atoms with Crippen LogP contribution in [0.1, 0.15) is 17.5 Å². The summed E-state index contributed by atoms with van der Waals surface area (Å²) in [5.74, 6) is 6.03. The number of aromatic nitrogens is 2. The summed E-state index contributed by atoms with van der Waals surface area (Å²) in [6.07, 6.45) is 1.69. The maximum absolute atomic E-state index is 11.4. The Hall–Kier alpha value is -2.23. The molecule has 2 aromatic rings. The summed E-state index contributed by atoms with van der Waals surface area (Å²) in [6.45, 7) is 1.61. The molecule has 0 saturated heterocycles. The molecule has 0 fully saturated rings. The number of hydrogen-bond acceptors (Lipinski definition) is 5. The number of nitrogens with zero attached hydrogens (tertiary/aromatic N) is 2. The zero-order valence-corrected chi connectivity index (χ0v) is 11.1. The topological polar surface area (TPSA) is 80.9 Å². The van der Waals surface area contributed by atoms with E-state index in [1.54, 1.807) is 36.8 Å². The lowest BCUT2D eigenvalue weighted by Crippen LogP contribution is -2.32. The third kappa shape index (κ3) is 3.88.